The largest absolute Gasteiger partial charge is 0.297 e. The van der Waals surface area contributed by atoms with E-state index in [4.69, 9.17) is 0 Å². The van der Waals surface area contributed by atoms with Crippen molar-refractivity contribution in [2.75, 3.05) is 11.6 Å². The molecule has 88 valence electrons. The smallest absolute Gasteiger partial charge is 0.162 e. The third-order valence-electron chi connectivity index (χ3n) is 3.12. The first-order valence-corrected chi connectivity index (χ1v) is 7.46. The Labute approximate surface area is 96.8 Å². The van der Waals surface area contributed by atoms with Gasteiger partial charge in [0.2, 0.25) is 0 Å². The molecule has 16 heavy (non-hydrogen) atoms. The van der Waals surface area contributed by atoms with Gasteiger partial charge < -0.3 is 0 Å². The van der Waals surface area contributed by atoms with Crippen molar-refractivity contribution in [1.29, 1.82) is 0 Å². The minimum absolute atomic E-state index is 0.0858. The van der Waals surface area contributed by atoms with Crippen molar-refractivity contribution in [1.82, 2.24) is 5.32 Å². The number of nitrogens with one attached hydrogen (secondary N) is 1. The molecule has 3 nitrogen and oxygen atoms in total. The average molecular weight is 239 g/mol. The lowest BCUT2D eigenvalue weighted by atomic mass is 10.1. The molecule has 0 spiro atoms. The Hall–Kier alpha value is -0.870. The molecule has 1 aliphatic rings. The van der Waals surface area contributed by atoms with Crippen LogP contribution in [0, 0.1) is 0 Å². The number of rotatable bonds is 4. The summed E-state index contributed by atoms with van der Waals surface area (Å²) in [5.41, 5.74) is 2.60. The van der Waals surface area contributed by atoms with Crippen LogP contribution in [0.1, 0.15) is 30.5 Å². The standard InChI is InChI=1S/C12H17NO2S/c1-2-16(14,15)9-13-12-8-7-10-5-3-4-6-11(10)12/h3-6,12-13H,2,7-9H2,1H3/t12-/m1/s1. The van der Waals surface area contributed by atoms with Gasteiger partial charge in [0, 0.05) is 11.8 Å². The summed E-state index contributed by atoms with van der Waals surface area (Å²) in [4.78, 5) is 0. The highest BCUT2D eigenvalue weighted by molar-refractivity contribution is 7.91. The van der Waals surface area contributed by atoms with Crippen molar-refractivity contribution < 1.29 is 8.42 Å². The number of hydrogen-bond donors (Lipinski definition) is 1. The third-order valence-corrected chi connectivity index (χ3v) is 4.61. The van der Waals surface area contributed by atoms with Crippen LogP contribution in [0.15, 0.2) is 24.3 Å². The van der Waals surface area contributed by atoms with E-state index in [9.17, 15) is 8.42 Å². The zero-order chi connectivity index (χ0) is 11.6. The maximum Gasteiger partial charge on any atom is 0.162 e. The van der Waals surface area contributed by atoms with Crippen molar-refractivity contribution in [2.24, 2.45) is 0 Å². The van der Waals surface area contributed by atoms with E-state index in [-0.39, 0.29) is 17.7 Å². The van der Waals surface area contributed by atoms with Gasteiger partial charge in [0.25, 0.3) is 0 Å². The predicted octanol–water partition coefficient (Wildman–Crippen LogP) is 1.66. The van der Waals surface area contributed by atoms with E-state index in [1.807, 2.05) is 12.1 Å². The number of aryl methyl sites for hydroxylation is 1. The fourth-order valence-corrected chi connectivity index (χ4v) is 2.76. The van der Waals surface area contributed by atoms with Crippen molar-refractivity contribution in [3.63, 3.8) is 0 Å². The van der Waals surface area contributed by atoms with Crippen LogP contribution in [0.3, 0.4) is 0 Å². The second-order valence-corrected chi connectivity index (χ2v) is 6.52. The highest BCUT2D eigenvalue weighted by Crippen LogP contribution is 2.30. The molecule has 1 aromatic carbocycles. The van der Waals surface area contributed by atoms with Crippen molar-refractivity contribution >= 4 is 9.84 Å². The molecule has 0 aliphatic heterocycles. The predicted molar refractivity (Wildman–Crippen MR) is 65.0 cm³/mol. The Morgan fingerprint density at radius 3 is 2.88 bits per heavy atom. The van der Waals surface area contributed by atoms with Gasteiger partial charge in [0.05, 0.1) is 5.88 Å². The summed E-state index contributed by atoms with van der Waals surface area (Å²) >= 11 is 0. The lowest BCUT2D eigenvalue weighted by Gasteiger charge is -2.13. The van der Waals surface area contributed by atoms with E-state index in [0.717, 1.165) is 12.8 Å². The minimum Gasteiger partial charge on any atom is -0.297 e. The zero-order valence-electron chi connectivity index (χ0n) is 9.44. The summed E-state index contributed by atoms with van der Waals surface area (Å²) in [7, 11) is -2.92. The van der Waals surface area contributed by atoms with E-state index < -0.39 is 9.84 Å². The normalized spacial score (nSPS) is 19.7. The minimum atomic E-state index is -2.92. The van der Waals surface area contributed by atoms with Gasteiger partial charge in [-0.3, -0.25) is 5.32 Å². The van der Waals surface area contributed by atoms with Crippen LogP contribution in [0.25, 0.3) is 0 Å². The van der Waals surface area contributed by atoms with E-state index >= 15 is 0 Å². The van der Waals surface area contributed by atoms with Crippen LogP contribution in [-0.2, 0) is 16.3 Å². The SMILES string of the molecule is CCS(=O)(=O)CN[C@@H]1CCc2ccccc21. The maximum absolute atomic E-state index is 11.4. The van der Waals surface area contributed by atoms with Gasteiger partial charge in [-0.15, -0.1) is 0 Å². The van der Waals surface area contributed by atoms with Crippen LogP contribution in [-0.4, -0.2) is 20.0 Å². The second kappa shape index (κ2) is 4.55. The van der Waals surface area contributed by atoms with Crippen LogP contribution in [0.5, 0.6) is 0 Å². The molecule has 0 fully saturated rings. The maximum atomic E-state index is 11.4. The molecule has 0 amide bonds. The first-order valence-electron chi connectivity index (χ1n) is 5.64. The molecular weight excluding hydrogens is 222 g/mol. The third kappa shape index (κ3) is 2.44. The van der Waals surface area contributed by atoms with Gasteiger partial charge in [0.1, 0.15) is 0 Å². The fourth-order valence-electron chi connectivity index (χ4n) is 2.10. The van der Waals surface area contributed by atoms with Gasteiger partial charge >= 0.3 is 0 Å². The first kappa shape index (κ1) is 11.6. The Kier molecular flexibility index (Phi) is 3.30. The van der Waals surface area contributed by atoms with E-state index in [1.54, 1.807) is 6.92 Å². The Morgan fingerprint density at radius 1 is 1.38 bits per heavy atom. The molecular formula is C12H17NO2S. The zero-order valence-corrected chi connectivity index (χ0v) is 10.3. The highest BCUT2D eigenvalue weighted by Gasteiger charge is 2.22. The fraction of sp³-hybridized carbons (Fsp3) is 0.500. The number of fused-ring (bicyclic) bond motifs is 1. The summed E-state index contributed by atoms with van der Waals surface area (Å²) in [5.74, 6) is 0.289. The molecule has 0 saturated carbocycles. The van der Waals surface area contributed by atoms with Gasteiger partial charge in [-0.1, -0.05) is 31.2 Å². The summed E-state index contributed by atoms with van der Waals surface area (Å²) in [6, 6.07) is 8.44. The van der Waals surface area contributed by atoms with Crippen LogP contribution >= 0.6 is 0 Å². The monoisotopic (exact) mass is 239 g/mol. The van der Waals surface area contributed by atoms with E-state index in [2.05, 4.69) is 17.4 Å². The molecule has 1 aliphatic carbocycles. The quantitative estimate of drug-likeness (QED) is 0.869. The van der Waals surface area contributed by atoms with Gasteiger partial charge in [0.15, 0.2) is 9.84 Å². The second-order valence-electron chi connectivity index (χ2n) is 4.17. The van der Waals surface area contributed by atoms with Gasteiger partial charge in [-0.05, 0) is 24.0 Å². The summed E-state index contributed by atoms with van der Waals surface area (Å²) in [6.45, 7) is 1.68. The Morgan fingerprint density at radius 2 is 2.12 bits per heavy atom. The number of benzene rings is 1. The molecule has 0 radical (unpaired) electrons. The molecule has 0 bridgehead atoms. The summed E-state index contributed by atoms with van der Waals surface area (Å²) in [5, 5.41) is 3.14. The first-order chi connectivity index (χ1) is 7.62. The van der Waals surface area contributed by atoms with Gasteiger partial charge in [-0.2, -0.15) is 0 Å². The van der Waals surface area contributed by atoms with Crippen molar-refractivity contribution in [3.05, 3.63) is 35.4 Å². The lowest BCUT2D eigenvalue weighted by Crippen LogP contribution is -2.27. The molecule has 0 aromatic heterocycles. The summed E-state index contributed by atoms with van der Waals surface area (Å²) < 4.78 is 22.8. The van der Waals surface area contributed by atoms with Crippen molar-refractivity contribution in [2.45, 2.75) is 25.8 Å². The molecule has 1 N–H and O–H groups in total. The number of sulfone groups is 1. The molecule has 4 heteroatoms. The highest BCUT2D eigenvalue weighted by atomic mass is 32.2. The van der Waals surface area contributed by atoms with E-state index in [0.29, 0.717) is 0 Å². The Balaban J connectivity index is 2.04. The van der Waals surface area contributed by atoms with Crippen LogP contribution in [0.2, 0.25) is 0 Å². The molecule has 2 rings (SSSR count). The van der Waals surface area contributed by atoms with Crippen LogP contribution < -0.4 is 5.32 Å². The van der Waals surface area contributed by atoms with Crippen molar-refractivity contribution in [3.8, 4) is 0 Å². The molecule has 1 atom stereocenters. The summed E-state index contributed by atoms with van der Waals surface area (Å²) in [6.07, 6.45) is 2.04. The molecule has 0 heterocycles. The lowest BCUT2D eigenvalue weighted by molar-refractivity contribution is 0.548. The van der Waals surface area contributed by atoms with Crippen LogP contribution in [0.4, 0.5) is 0 Å². The Bertz CT molecular complexity index is 468. The molecule has 0 saturated heterocycles. The topological polar surface area (TPSA) is 46.2 Å². The number of hydrogen-bond acceptors (Lipinski definition) is 3. The molecule has 1 aromatic rings. The van der Waals surface area contributed by atoms with E-state index in [1.165, 1.54) is 11.1 Å². The molecule has 0 unspecified atom stereocenters. The van der Waals surface area contributed by atoms with Gasteiger partial charge in [-0.25, -0.2) is 8.42 Å². The average Bonchev–Trinajstić information content (AvgIpc) is 2.70.